The molecule has 1 unspecified atom stereocenters. The van der Waals surface area contributed by atoms with Gasteiger partial charge in [0.05, 0.1) is 0 Å². The first-order valence-electron chi connectivity index (χ1n) is 9.29. The van der Waals surface area contributed by atoms with Crippen LogP contribution in [0.1, 0.15) is 32.4 Å². The first-order chi connectivity index (χ1) is 13.1. The van der Waals surface area contributed by atoms with Crippen molar-refractivity contribution in [3.8, 4) is 0 Å². The highest BCUT2D eigenvalue weighted by Gasteiger charge is 2.31. The number of rotatable bonds is 10. The number of carbonyl (C=O) groups is 2. The summed E-state index contributed by atoms with van der Waals surface area (Å²) in [6.45, 7) is 7.00. The third-order valence-electron chi connectivity index (χ3n) is 3.62. The number of hydrogen-bond acceptors (Lipinski definition) is 6. The Morgan fingerprint density at radius 1 is 1.07 bits per heavy atom. The highest BCUT2D eigenvalue weighted by atomic mass is 33.1. The van der Waals surface area contributed by atoms with Gasteiger partial charge in [-0.3, -0.25) is 9.69 Å². The molecule has 1 N–H and O–H groups in total. The van der Waals surface area contributed by atoms with Crippen molar-refractivity contribution in [3.05, 3.63) is 35.9 Å². The van der Waals surface area contributed by atoms with Gasteiger partial charge in [-0.15, -0.1) is 0 Å². The highest BCUT2D eigenvalue weighted by molar-refractivity contribution is 8.76. The number of benzene rings is 1. The van der Waals surface area contributed by atoms with E-state index >= 15 is 0 Å². The van der Waals surface area contributed by atoms with E-state index in [1.54, 1.807) is 28.6 Å². The van der Waals surface area contributed by atoms with Crippen molar-refractivity contribution in [1.82, 2.24) is 15.1 Å². The van der Waals surface area contributed by atoms with Crippen molar-refractivity contribution in [3.63, 3.8) is 0 Å². The molecule has 1 rings (SSSR count). The summed E-state index contributed by atoms with van der Waals surface area (Å²) in [5.74, 6) is 1.64. The molecule has 28 heavy (non-hydrogen) atoms. The molecule has 0 aromatic heterocycles. The van der Waals surface area contributed by atoms with Crippen molar-refractivity contribution >= 4 is 33.6 Å². The molecule has 1 atom stereocenters. The Bertz CT molecular complexity index is 606. The predicted octanol–water partition coefficient (Wildman–Crippen LogP) is 3.65. The van der Waals surface area contributed by atoms with E-state index in [4.69, 9.17) is 4.74 Å². The summed E-state index contributed by atoms with van der Waals surface area (Å²) in [4.78, 5) is 28.8. The third-order valence-corrected chi connectivity index (χ3v) is 6.01. The number of nitrogens with zero attached hydrogens (tertiary/aromatic N) is 2. The molecule has 2 amide bonds. The SMILES string of the molecule is CN(C)CCSSCCNC(=O)C(c1ccccc1)N(C)C(=O)OC(C)(C)C. The highest BCUT2D eigenvalue weighted by Crippen LogP contribution is 2.23. The normalized spacial score (nSPS) is 12.5. The number of amides is 2. The minimum atomic E-state index is -0.734. The second-order valence-electron chi connectivity index (χ2n) is 7.64. The van der Waals surface area contributed by atoms with Crippen LogP contribution >= 0.6 is 21.6 Å². The van der Waals surface area contributed by atoms with Gasteiger partial charge in [0.2, 0.25) is 5.91 Å². The molecule has 0 spiro atoms. The molecule has 0 bridgehead atoms. The largest absolute Gasteiger partial charge is 0.444 e. The molecule has 0 aliphatic heterocycles. The summed E-state index contributed by atoms with van der Waals surface area (Å²) in [6.07, 6.45) is -0.523. The molecule has 0 aliphatic carbocycles. The summed E-state index contributed by atoms with van der Waals surface area (Å²) < 4.78 is 5.44. The lowest BCUT2D eigenvalue weighted by Gasteiger charge is -2.30. The first-order valence-corrected chi connectivity index (χ1v) is 11.8. The Balaban J connectivity index is 2.65. The lowest BCUT2D eigenvalue weighted by Crippen LogP contribution is -2.44. The zero-order valence-corrected chi connectivity index (χ0v) is 19.4. The van der Waals surface area contributed by atoms with Gasteiger partial charge in [0.25, 0.3) is 0 Å². The van der Waals surface area contributed by atoms with Crippen LogP contribution < -0.4 is 5.32 Å². The van der Waals surface area contributed by atoms with Crippen molar-refractivity contribution in [2.75, 3.05) is 45.7 Å². The first kappa shape index (κ1) is 24.7. The van der Waals surface area contributed by atoms with Crippen molar-refractivity contribution in [1.29, 1.82) is 0 Å². The van der Waals surface area contributed by atoms with Gasteiger partial charge in [-0.1, -0.05) is 51.9 Å². The van der Waals surface area contributed by atoms with Crippen molar-refractivity contribution in [2.24, 2.45) is 0 Å². The number of nitrogens with one attached hydrogen (secondary N) is 1. The number of likely N-dealkylation sites (N-methyl/N-ethyl adjacent to an activating group) is 1. The number of ether oxygens (including phenoxy) is 1. The van der Waals surface area contributed by atoms with Crippen LogP contribution in [0.25, 0.3) is 0 Å². The molecule has 0 aliphatic rings. The van der Waals surface area contributed by atoms with E-state index in [1.165, 1.54) is 4.90 Å². The lowest BCUT2D eigenvalue weighted by atomic mass is 10.1. The molecule has 0 saturated heterocycles. The second-order valence-corrected chi connectivity index (χ2v) is 10.3. The van der Waals surface area contributed by atoms with E-state index in [0.29, 0.717) is 6.54 Å². The Hall–Kier alpha value is -1.38. The van der Waals surface area contributed by atoms with Crippen LogP contribution in [0.4, 0.5) is 4.79 Å². The maximum absolute atomic E-state index is 12.9. The Morgan fingerprint density at radius 2 is 1.68 bits per heavy atom. The van der Waals surface area contributed by atoms with Crippen LogP contribution in [0.2, 0.25) is 0 Å². The van der Waals surface area contributed by atoms with Gasteiger partial charge < -0.3 is 15.0 Å². The second kappa shape index (κ2) is 12.2. The molecule has 6 nitrogen and oxygen atoms in total. The van der Waals surface area contributed by atoms with E-state index in [1.807, 2.05) is 51.1 Å². The van der Waals surface area contributed by atoms with Crippen LogP contribution in [-0.2, 0) is 9.53 Å². The molecular formula is C20H33N3O3S2. The van der Waals surface area contributed by atoms with Crippen LogP contribution in [-0.4, -0.2) is 73.1 Å². The lowest BCUT2D eigenvalue weighted by molar-refractivity contribution is -0.126. The summed E-state index contributed by atoms with van der Waals surface area (Å²) in [7, 11) is 9.23. The smallest absolute Gasteiger partial charge is 0.410 e. The molecule has 1 aromatic carbocycles. The minimum Gasteiger partial charge on any atom is -0.444 e. The predicted molar refractivity (Wildman–Crippen MR) is 120 cm³/mol. The van der Waals surface area contributed by atoms with Crippen molar-refractivity contribution < 1.29 is 14.3 Å². The standard InChI is InChI=1S/C20H33N3O3S2/c1-20(2,3)26-19(25)23(6)17(16-10-8-7-9-11-16)18(24)21-12-14-27-28-15-13-22(4)5/h7-11,17H,12-15H2,1-6H3,(H,21,24). The molecular weight excluding hydrogens is 394 g/mol. The number of carbonyl (C=O) groups excluding carboxylic acids is 2. The van der Waals surface area contributed by atoms with Gasteiger partial charge in [-0.05, 0) is 40.4 Å². The van der Waals surface area contributed by atoms with Gasteiger partial charge in [0, 0.05) is 31.6 Å². The average molecular weight is 428 g/mol. The maximum Gasteiger partial charge on any atom is 0.410 e. The fourth-order valence-corrected chi connectivity index (χ4v) is 4.32. The number of hydrogen-bond donors (Lipinski definition) is 1. The summed E-state index contributed by atoms with van der Waals surface area (Å²) in [5, 5.41) is 2.95. The van der Waals surface area contributed by atoms with Gasteiger partial charge in [-0.25, -0.2) is 4.79 Å². The molecule has 158 valence electrons. The molecule has 1 aromatic rings. The van der Waals surface area contributed by atoms with E-state index in [2.05, 4.69) is 24.3 Å². The van der Waals surface area contributed by atoms with Crippen LogP contribution in [0.5, 0.6) is 0 Å². The summed E-state index contributed by atoms with van der Waals surface area (Å²) in [5.41, 5.74) is 0.130. The molecule has 0 heterocycles. The maximum atomic E-state index is 12.9. The van der Waals surface area contributed by atoms with Crippen LogP contribution in [0, 0.1) is 0 Å². The van der Waals surface area contributed by atoms with Gasteiger partial charge in [0.1, 0.15) is 11.6 Å². The zero-order valence-electron chi connectivity index (χ0n) is 17.7. The molecule has 0 fully saturated rings. The molecule has 0 saturated carbocycles. The van der Waals surface area contributed by atoms with E-state index in [0.717, 1.165) is 23.6 Å². The Kier molecular flexibility index (Phi) is 10.8. The molecule has 0 radical (unpaired) electrons. The topological polar surface area (TPSA) is 61.9 Å². The van der Waals surface area contributed by atoms with Gasteiger partial charge in [0.15, 0.2) is 0 Å². The Labute approximate surface area is 177 Å². The van der Waals surface area contributed by atoms with Gasteiger partial charge in [-0.2, -0.15) is 0 Å². The fraction of sp³-hybridized carbons (Fsp3) is 0.600. The van der Waals surface area contributed by atoms with E-state index in [9.17, 15) is 9.59 Å². The monoisotopic (exact) mass is 427 g/mol. The summed E-state index contributed by atoms with van der Waals surface area (Å²) in [6, 6.07) is 8.55. The van der Waals surface area contributed by atoms with Crippen molar-refractivity contribution in [2.45, 2.75) is 32.4 Å². The van der Waals surface area contributed by atoms with Gasteiger partial charge >= 0.3 is 6.09 Å². The summed E-state index contributed by atoms with van der Waals surface area (Å²) >= 11 is 0. The minimum absolute atomic E-state index is 0.210. The fourth-order valence-electron chi connectivity index (χ4n) is 2.28. The zero-order chi connectivity index (χ0) is 21.2. The van der Waals surface area contributed by atoms with Crippen LogP contribution in [0.3, 0.4) is 0 Å². The third kappa shape index (κ3) is 9.71. The molecule has 8 heteroatoms. The average Bonchev–Trinajstić information content (AvgIpc) is 2.60. The Morgan fingerprint density at radius 3 is 2.25 bits per heavy atom. The van der Waals surface area contributed by atoms with Crippen LogP contribution in [0.15, 0.2) is 30.3 Å². The van der Waals surface area contributed by atoms with E-state index in [-0.39, 0.29) is 5.91 Å². The quantitative estimate of drug-likeness (QED) is 0.454. The van der Waals surface area contributed by atoms with E-state index < -0.39 is 17.7 Å².